The van der Waals surface area contributed by atoms with Gasteiger partial charge in [0.25, 0.3) is 0 Å². The lowest BCUT2D eigenvalue weighted by Crippen LogP contribution is -2.11. The lowest BCUT2D eigenvalue weighted by atomic mass is 9.90. The van der Waals surface area contributed by atoms with Crippen molar-refractivity contribution < 1.29 is 0 Å². The fourth-order valence-corrected chi connectivity index (χ4v) is 11.3. The fraction of sp³-hybridized carbons (Fsp3) is 0. The summed E-state index contributed by atoms with van der Waals surface area (Å²) in [6, 6.07) is 87.7. The molecule has 1 heterocycles. The summed E-state index contributed by atoms with van der Waals surface area (Å²) in [7, 11) is 0. The van der Waals surface area contributed by atoms with E-state index in [1.165, 1.54) is 107 Å². The van der Waals surface area contributed by atoms with Crippen molar-refractivity contribution in [3.63, 3.8) is 0 Å². The van der Waals surface area contributed by atoms with Crippen LogP contribution >= 0.6 is 11.3 Å². The second kappa shape index (κ2) is 14.8. The van der Waals surface area contributed by atoms with Gasteiger partial charge in [0.05, 0.1) is 5.69 Å². The van der Waals surface area contributed by atoms with E-state index in [9.17, 15) is 0 Å². The van der Waals surface area contributed by atoms with E-state index >= 15 is 0 Å². The highest BCUT2D eigenvalue weighted by atomic mass is 32.1. The Labute approximate surface area is 375 Å². The molecule has 2 heteroatoms. The van der Waals surface area contributed by atoms with E-state index in [4.69, 9.17) is 0 Å². The minimum Gasteiger partial charge on any atom is -0.310 e. The lowest BCUT2D eigenvalue weighted by Gasteiger charge is -2.29. The fourth-order valence-electron chi connectivity index (χ4n) is 10.2. The quantitative estimate of drug-likeness (QED) is 0.151. The molecule has 0 amide bonds. The zero-order valence-electron chi connectivity index (χ0n) is 34.9. The Morgan fingerprint density at radius 1 is 0.266 bits per heavy atom. The van der Waals surface area contributed by atoms with Crippen LogP contribution in [0.25, 0.3) is 107 Å². The molecular formula is C62H39NS. The third-order valence-electron chi connectivity index (χ3n) is 13.2. The normalized spacial score (nSPS) is 11.8. The topological polar surface area (TPSA) is 3.24 Å². The summed E-state index contributed by atoms with van der Waals surface area (Å²) in [4.78, 5) is 2.53. The van der Waals surface area contributed by atoms with Crippen LogP contribution in [-0.4, -0.2) is 0 Å². The highest BCUT2D eigenvalue weighted by Gasteiger charge is 2.23. The maximum absolute atomic E-state index is 2.53. The van der Waals surface area contributed by atoms with Crippen LogP contribution in [0.3, 0.4) is 0 Å². The number of nitrogens with zero attached hydrogens (tertiary/aromatic N) is 1. The number of hydrogen-bond donors (Lipinski definition) is 0. The summed E-state index contributed by atoms with van der Waals surface area (Å²) >= 11 is 1.88. The smallest absolute Gasteiger partial charge is 0.0554 e. The van der Waals surface area contributed by atoms with Gasteiger partial charge in [0.1, 0.15) is 0 Å². The number of thiophene rings is 1. The van der Waals surface area contributed by atoms with Gasteiger partial charge >= 0.3 is 0 Å². The number of benzene rings is 12. The van der Waals surface area contributed by atoms with Gasteiger partial charge in [0.2, 0.25) is 0 Å². The van der Waals surface area contributed by atoms with Crippen LogP contribution < -0.4 is 4.90 Å². The first kappa shape index (κ1) is 36.6. The van der Waals surface area contributed by atoms with E-state index in [0.717, 1.165) is 17.1 Å². The highest BCUT2D eigenvalue weighted by molar-refractivity contribution is 7.26. The van der Waals surface area contributed by atoms with E-state index < -0.39 is 0 Å². The van der Waals surface area contributed by atoms with E-state index in [1.54, 1.807) is 0 Å². The summed E-state index contributed by atoms with van der Waals surface area (Å²) < 4.78 is 2.56. The monoisotopic (exact) mass is 829 g/mol. The first-order valence-corrected chi connectivity index (χ1v) is 22.8. The Morgan fingerprint density at radius 2 is 0.875 bits per heavy atom. The third kappa shape index (κ3) is 5.99. The van der Waals surface area contributed by atoms with Crippen LogP contribution in [0.2, 0.25) is 0 Å². The average Bonchev–Trinajstić information content (AvgIpc) is 3.73. The Morgan fingerprint density at radius 3 is 1.67 bits per heavy atom. The molecule has 0 saturated heterocycles. The molecule has 0 radical (unpaired) electrons. The van der Waals surface area contributed by atoms with Gasteiger partial charge in [-0.1, -0.05) is 176 Å². The number of rotatable bonds is 6. The molecule has 0 spiro atoms. The van der Waals surface area contributed by atoms with Crippen LogP contribution in [0.4, 0.5) is 17.1 Å². The Balaban J connectivity index is 1.13. The molecular weight excluding hydrogens is 791 g/mol. The molecule has 298 valence electrons. The number of hydrogen-bond acceptors (Lipinski definition) is 2. The molecule has 13 rings (SSSR count). The molecule has 12 aromatic carbocycles. The number of fused-ring (bicyclic) bond motifs is 9. The third-order valence-corrected chi connectivity index (χ3v) is 14.3. The second-order valence-corrected chi connectivity index (χ2v) is 17.9. The maximum atomic E-state index is 2.53. The van der Waals surface area contributed by atoms with Crippen LogP contribution in [0.15, 0.2) is 237 Å². The zero-order chi connectivity index (χ0) is 42.1. The van der Waals surface area contributed by atoms with Crippen LogP contribution in [0.5, 0.6) is 0 Å². The molecule has 0 fully saturated rings. The molecule has 64 heavy (non-hydrogen) atoms. The summed E-state index contributed by atoms with van der Waals surface area (Å²) in [6.07, 6.45) is 0. The summed E-state index contributed by atoms with van der Waals surface area (Å²) in [5.41, 5.74) is 10.6. The van der Waals surface area contributed by atoms with Gasteiger partial charge in [-0.2, -0.15) is 0 Å². The van der Waals surface area contributed by atoms with Gasteiger partial charge in [-0.3, -0.25) is 0 Å². The van der Waals surface area contributed by atoms with Gasteiger partial charge < -0.3 is 4.90 Å². The molecule has 0 aliphatic carbocycles. The molecule has 0 atom stereocenters. The molecule has 0 aliphatic heterocycles. The zero-order valence-corrected chi connectivity index (χ0v) is 35.7. The maximum Gasteiger partial charge on any atom is 0.0554 e. The van der Waals surface area contributed by atoms with Gasteiger partial charge in [-0.15, -0.1) is 11.3 Å². The summed E-state index contributed by atoms with van der Waals surface area (Å²) in [5, 5.41) is 15.0. The van der Waals surface area contributed by atoms with Crippen molar-refractivity contribution in [3.8, 4) is 33.4 Å². The molecule has 0 saturated carbocycles. The van der Waals surface area contributed by atoms with Crippen molar-refractivity contribution in [3.05, 3.63) is 237 Å². The van der Waals surface area contributed by atoms with Crippen molar-refractivity contribution >= 4 is 102 Å². The van der Waals surface area contributed by atoms with Gasteiger partial charge in [0.15, 0.2) is 0 Å². The van der Waals surface area contributed by atoms with Gasteiger partial charge in [-0.05, 0) is 148 Å². The predicted molar refractivity (Wildman–Crippen MR) is 278 cm³/mol. The van der Waals surface area contributed by atoms with E-state index in [0.29, 0.717) is 0 Å². The molecule has 13 aromatic rings. The molecule has 0 N–H and O–H groups in total. The minimum absolute atomic E-state index is 1.10. The summed E-state index contributed by atoms with van der Waals surface area (Å²) in [5.74, 6) is 0. The SMILES string of the molecule is c1ccc(-c2ccc(N(c3cc(-c4cc5ccccc5c5ccccc45)c4ccccc4c3)c3cccc4sc5cc6ccccc6cc5c34)cc2-c2ccc3ccccc3c2)cc1. The Kier molecular flexibility index (Phi) is 8.47. The van der Waals surface area contributed by atoms with Crippen molar-refractivity contribution in [2.24, 2.45) is 0 Å². The number of anilines is 3. The minimum atomic E-state index is 1.10. The first-order chi connectivity index (χ1) is 31.7. The van der Waals surface area contributed by atoms with Crippen molar-refractivity contribution in [1.82, 2.24) is 0 Å². The summed E-state index contributed by atoms with van der Waals surface area (Å²) in [6.45, 7) is 0. The Hall–Kier alpha value is -8.04. The largest absolute Gasteiger partial charge is 0.310 e. The van der Waals surface area contributed by atoms with Crippen molar-refractivity contribution in [2.75, 3.05) is 4.90 Å². The van der Waals surface area contributed by atoms with Crippen LogP contribution in [0, 0.1) is 0 Å². The van der Waals surface area contributed by atoms with Crippen LogP contribution in [-0.2, 0) is 0 Å². The molecule has 1 aromatic heterocycles. The molecule has 0 bridgehead atoms. The predicted octanol–water partition coefficient (Wildman–Crippen LogP) is 18.3. The standard InChI is InChI=1S/C62H39NS/c1-2-16-41(17-3-1)52-32-31-48(38-55(52)47-30-29-40-15-4-5-18-42(40)33-47)63(59-27-14-28-60-62(59)58-35-43-19-6-7-20-44(43)37-61(58)64-60)49-34-45-21-8-11-24-51(45)57(39-49)56-36-46-22-9-10-23-50(46)53-25-12-13-26-54(53)56/h1-39H. The van der Waals surface area contributed by atoms with E-state index in [-0.39, 0.29) is 0 Å². The van der Waals surface area contributed by atoms with Crippen molar-refractivity contribution in [1.29, 1.82) is 0 Å². The second-order valence-electron chi connectivity index (χ2n) is 16.8. The Bertz CT molecular complexity index is 3970. The van der Waals surface area contributed by atoms with Crippen molar-refractivity contribution in [2.45, 2.75) is 0 Å². The first-order valence-electron chi connectivity index (χ1n) is 22.0. The van der Waals surface area contributed by atoms with E-state index in [1.807, 2.05) is 11.3 Å². The average molecular weight is 830 g/mol. The van der Waals surface area contributed by atoms with Gasteiger partial charge in [-0.25, -0.2) is 0 Å². The van der Waals surface area contributed by atoms with E-state index in [2.05, 4.69) is 241 Å². The molecule has 0 unspecified atom stereocenters. The highest BCUT2D eigenvalue weighted by Crippen LogP contribution is 2.49. The van der Waals surface area contributed by atoms with Crippen LogP contribution in [0.1, 0.15) is 0 Å². The van der Waals surface area contributed by atoms with Gasteiger partial charge in [0, 0.05) is 31.5 Å². The molecule has 1 nitrogen and oxygen atoms in total. The lowest BCUT2D eigenvalue weighted by molar-refractivity contribution is 1.31. The molecule has 0 aliphatic rings.